The van der Waals surface area contributed by atoms with Gasteiger partial charge in [-0.15, -0.1) is 0 Å². The van der Waals surface area contributed by atoms with Crippen LogP contribution < -0.4 is 5.69 Å². The van der Waals surface area contributed by atoms with Crippen LogP contribution >= 0.6 is 0 Å². The molecule has 0 aromatic carbocycles. The predicted octanol–water partition coefficient (Wildman–Crippen LogP) is 1.56. The molecule has 3 heterocycles. The van der Waals surface area contributed by atoms with E-state index in [1.165, 1.54) is 21.7 Å². The maximum Gasteiger partial charge on any atom is 0.329 e. The second-order valence-electron chi connectivity index (χ2n) is 4.85. The SMILES string of the molecule is O=C(O)Cc1cn(Cc2ccco2)c(=O)n1Cc1ccco1. The van der Waals surface area contributed by atoms with Gasteiger partial charge in [0.1, 0.15) is 11.5 Å². The van der Waals surface area contributed by atoms with Crippen molar-refractivity contribution in [3.05, 3.63) is 70.7 Å². The van der Waals surface area contributed by atoms with E-state index in [4.69, 9.17) is 13.9 Å². The zero-order valence-electron chi connectivity index (χ0n) is 11.6. The van der Waals surface area contributed by atoms with Gasteiger partial charge in [0.15, 0.2) is 0 Å². The Bertz CT molecular complexity index is 809. The van der Waals surface area contributed by atoms with Gasteiger partial charge in [-0.25, -0.2) is 4.79 Å². The first-order chi connectivity index (χ1) is 10.6. The summed E-state index contributed by atoms with van der Waals surface area (Å²) in [5.74, 6) is 0.215. The van der Waals surface area contributed by atoms with Crippen molar-refractivity contribution in [2.45, 2.75) is 19.5 Å². The summed E-state index contributed by atoms with van der Waals surface area (Å²) in [6.07, 6.45) is 4.35. The molecule has 0 spiro atoms. The highest BCUT2D eigenvalue weighted by atomic mass is 16.4. The minimum Gasteiger partial charge on any atom is -0.481 e. The van der Waals surface area contributed by atoms with Crippen molar-refractivity contribution in [1.82, 2.24) is 9.13 Å². The fraction of sp³-hybridized carbons (Fsp3) is 0.200. The second-order valence-corrected chi connectivity index (χ2v) is 4.85. The highest BCUT2D eigenvalue weighted by Crippen LogP contribution is 2.09. The molecule has 0 bridgehead atoms. The molecule has 0 saturated carbocycles. The molecule has 0 aliphatic rings. The molecular weight excluding hydrogens is 288 g/mol. The lowest BCUT2D eigenvalue weighted by molar-refractivity contribution is -0.136. The van der Waals surface area contributed by atoms with Crippen LogP contribution in [-0.4, -0.2) is 20.2 Å². The van der Waals surface area contributed by atoms with Crippen LogP contribution in [0.3, 0.4) is 0 Å². The van der Waals surface area contributed by atoms with Crippen LogP contribution in [0.1, 0.15) is 17.2 Å². The molecule has 22 heavy (non-hydrogen) atoms. The first-order valence-electron chi connectivity index (χ1n) is 6.69. The fourth-order valence-corrected chi connectivity index (χ4v) is 2.29. The van der Waals surface area contributed by atoms with Gasteiger partial charge >= 0.3 is 11.7 Å². The van der Waals surface area contributed by atoms with Crippen molar-refractivity contribution in [2.75, 3.05) is 0 Å². The summed E-state index contributed by atoms with van der Waals surface area (Å²) in [5.41, 5.74) is 0.115. The summed E-state index contributed by atoms with van der Waals surface area (Å²) in [5, 5.41) is 9.01. The summed E-state index contributed by atoms with van der Waals surface area (Å²) in [4.78, 5) is 23.5. The molecule has 7 nitrogen and oxygen atoms in total. The van der Waals surface area contributed by atoms with Gasteiger partial charge in [-0.3, -0.25) is 13.9 Å². The number of nitrogens with zero attached hydrogens (tertiary/aromatic N) is 2. The van der Waals surface area contributed by atoms with Gasteiger partial charge in [0, 0.05) is 6.20 Å². The van der Waals surface area contributed by atoms with Gasteiger partial charge in [-0.1, -0.05) is 0 Å². The number of rotatable bonds is 6. The topological polar surface area (TPSA) is 90.5 Å². The Labute approximate surface area is 125 Å². The Morgan fingerprint density at radius 2 is 1.73 bits per heavy atom. The van der Waals surface area contributed by atoms with E-state index in [2.05, 4.69) is 0 Å². The van der Waals surface area contributed by atoms with E-state index in [-0.39, 0.29) is 25.2 Å². The van der Waals surface area contributed by atoms with Crippen molar-refractivity contribution in [2.24, 2.45) is 0 Å². The summed E-state index contributed by atoms with van der Waals surface area (Å²) >= 11 is 0. The van der Waals surface area contributed by atoms with Crippen LogP contribution in [0.2, 0.25) is 0 Å². The number of aromatic nitrogens is 2. The van der Waals surface area contributed by atoms with Crippen molar-refractivity contribution in [3.63, 3.8) is 0 Å². The summed E-state index contributed by atoms with van der Waals surface area (Å²) in [6.45, 7) is 0.448. The van der Waals surface area contributed by atoms with Gasteiger partial charge in [0.05, 0.1) is 37.7 Å². The largest absolute Gasteiger partial charge is 0.481 e. The molecule has 1 N–H and O–H groups in total. The molecule has 0 amide bonds. The molecule has 0 aliphatic heterocycles. The summed E-state index contributed by atoms with van der Waals surface area (Å²) < 4.78 is 13.3. The lowest BCUT2D eigenvalue weighted by Crippen LogP contribution is -2.26. The molecule has 0 radical (unpaired) electrons. The minimum absolute atomic E-state index is 0.194. The third-order valence-corrected chi connectivity index (χ3v) is 3.26. The molecule has 114 valence electrons. The van der Waals surface area contributed by atoms with E-state index in [1.807, 2.05) is 0 Å². The molecule has 7 heteroatoms. The van der Waals surface area contributed by atoms with Crippen molar-refractivity contribution in [1.29, 1.82) is 0 Å². The number of carbonyl (C=O) groups is 1. The highest BCUT2D eigenvalue weighted by Gasteiger charge is 2.16. The lowest BCUT2D eigenvalue weighted by Gasteiger charge is -2.02. The first-order valence-corrected chi connectivity index (χ1v) is 6.69. The van der Waals surface area contributed by atoms with Crippen LogP contribution in [0, 0.1) is 0 Å². The maximum atomic E-state index is 12.5. The molecule has 3 aromatic heterocycles. The Morgan fingerprint density at radius 1 is 1.09 bits per heavy atom. The second kappa shape index (κ2) is 5.80. The van der Waals surface area contributed by atoms with Gasteiger partial charge in [-0.2, -0.15) is 0 Å². The Morgan fingerprint density at radius 3 is 2.27 bits per heavy atom. The molecule has 0 unspecified atom stereocenters. The number of imidazole rings is 1. The first kappa shape index (κ1) is 14.0. The van der Waals surface area contributed by atoms with Crippen LogP contribution in [0.25, 0.3) is 0 Å². The fourth-order valence-electron chi connectivity index (χ4n) is 2.29. The smallest absolute Gasteiger partial charge is 0.329 e. The average Bonchev–Trinajstić information content (AvgIpc) is 3.19. The Kier molecular flexibility index (Phi) is 3.69. The maximum absolute atomic E-state index is 12.5. The Hall–Kier alpha value is -2.96. The Balaban J connectivity index is 1.96. The molecule has 3 aromatic rings. The van der Waals surface area contributed by atoms with Crippen molar-refractivity contribution < 1.29 is 18.7 Å². The molecule has 0 fully saturated rings. The minimum atomic E-state index is -0.997. The third kappa shape index (κ3) is 2.88. The molecule has 3 rings (SSSR count). The van der Waals surface area contributed by atoms with E-state index in [0.717, 1.165) is 0 Å². The predicted molar refractivity (Wildman–Crippen MR) is 75.7 cm³/mol. The molecular formula is C15H14N2O5. The van der Waals surface area contributed by atoms with Gasteiger partial charge in [0.25, 0.3) is 0 Å². The van der Waals surface area contributed by atoms with Gasteiger partial charge in [-0.05, 0) is 24.3 Å². The van der Waals surface area contributed by atoms with E-state index in [9.17, 15) is 9.59 Å². The molecule has 0 atom stereocenters. The molecule has 0 aliphatic carbocycles. The van der Waals surface area contributed by atoms with Crippen LogP contribution in [-0.2, 0) is 24.3 Å². The van der Waals surface area contributed by atoms with E-state index >= 15 is 0 Å². The number of carboxylic acid groups (broad SMARTS) is 1. The average molecular weight is 302 g/mol. The van der Waals surface area contributed by atoms with Crippen molar-refractivity contribution in [3.8, 4) is 0 Å². The van der Waals surface area contributed by atoms with E-state index in [0.29, 0.717) is 17.2 Å². The van der Waals surface area contributed by atoms with Crippen LogP contribution in [0.15, 0.2) is 56.6 Å². The normalized spacial score (nSPS) is 10.9. The quantitative estimate of drug-likeness (QED) is 0.746. The number of furan rings is 2. The zero-order valence-corrected chi connectivity index (χ0v) is 11.6. The molecule has 0 saturated heterocycles. The van der Waals surface area contributed by atoms with Gasteiger partial charge < -0.3 is 13.9 Å². The highest BCUT2D eigenvalue weighted by molar-refractivity contribution is 5.69. The lowest BCUT2D eigenvalue weighted by atomic mass is 10.3. The number of hydrogen-bond donors (Lipinski definition) is 1. The van der Waals surface area contributed by atoms with E-state index in [1.54, 1.807) is 30.5 Å². The van der Waals surface area contributed by atoms with Crippen LogP contribution in [0.5, 0.6) is 0 Å². The van der Waals surface area contributed by atoms with E-state index < -0.39 is 5.97 Å². The van der Waals surface area contributed by atoms with Gasteiger partial charge in [0.2, 0.25) is 0 Å². The van der Waals surface area contributed by atoms with Crippen LogP contribution in [0.4, 0.5) is 0 Å². The summed E-state index contributed by atoms with van der Waals surface area (Å²) in [7, 11) is 0. The zero-order chi connectivity index (χ0) is 15.5. The number of hydrogen-bond acceptors (Lipinski definition) is 4. The monoisotopic (exact) mass is 302 g/mol. The number of carboxylic acids is 1. The summed E-state index contributed by atoms with van der Waals surface area (Å²) in [6, 6.07) is 6.95. The third-order valence-electron chi connectivity index (χ3n) is 3.26. The van der Waals surface area contributed by atoms with Crippen molar-refractivity contribution >= 4 is 5.97 Å². The number of aliphatic carboxylic acids is 1. The standard InChI is InChI=1S/C15H14N2O5/c18-14(19)7-11-8-16(9-12-3-1-5-21-12)15(20)17(11)10-13-4-2-6-22-13/h1-6,8H,7,9-10H2,(H,18,19).